The van der Waals surface area contributed by atoms with Crippen molar-refractivity contribution in [3.63, 3.8) is 0 Å². The van der Waals surface area contributed by atoms with Crippen LogP contribution in [0.4, 0.5) is 16.2 Å². The molecule has 1 saturated heterocycles. The number of ether oxygens (including phenoxy) is 1. The van der Waals surface area contributed by atoms with Crippen LogP contribution >= 0.6 is 0 Å². The summed E-state index contributed by atoms with van der Waals surface area (Å²) in [7, 11) is -1.12. The first-order valence-corrected chi connectivity index (χ1v) is 9.19. The number of rotatable bonds is 2. The Bertz CT molecular complexity index is 605. The van der Waals surface area contributed by atoms with Gasteiger partial charge in [0.25, 0.3) is 0 Å². The lowest BCUT2D eigenvalue weighted by atomic mass is 10.2. The van der Waals surface area contributed by atoms with Crippen LogP contribution in [0.5, 0.6) is 0 Å². The maximum Gasteiger partial charge on any atom is 0.410 e. The SMILES string of the molecule is CS(=O)c1cc(N2CCN(C(=O)OC(C)(C)C)CC2)ccc1N. The van der Waals surface area contributed by atoms with E-state index in [1.54, 1.807) is 17.2 Å². The summed E-state index contributed by atoms with van der Waals surface area (Å²) >= 11 is 0. The van der Waals surface area contributed by atoms with Crippen LogP contribution in [0.2, 0.25) is 0 Å². The molecule has 1 unspecified atom stereocenters. The van der Waals surface area contributed by atoms with Gasteiger partial charge in [0.1, 0.15) is 5.60 Å². The molecule has 1 aromatic carbocycles. The maximum atomic E-state index is 12.1. The van der Waals surface area contributed by atoms with E-state index in [9.17, 15) is 9.00 Å². The highest BCUT2D eigenvalue weighted by Crippen LogP contribution is 2.24. The molecule has 2 N–H and O–H groups in total. The predicted octanol–water partition coefficient (Wildman–Crippen LogP) is 2.06. The Morgan fingerprint density at radius 2 is 1.83 bits per heavy atom. The van der Waals surface area contributed by atoms with E-state index >= 15 is 0 Å². The van der Waals surface area contributed by atoms with Gasteiger partial charge in [-0.15, -0.1) is 0 Å². The third-order valence-corrected chi connectivity index (χ3v) is 4.58. The molecule has 0 bridgehead atoms. The standard InChI is InChI=1S/C16H25N3O3S/c1-16(2,3)22-15(20)19-9-7-18(8-10-19)12-5-6-13(17)14(11-12)23(4)21/h5-6,11H,7-10,17H2,1-4H3. The lowest BCUT2D eigenvalue weighted by molar-refractivity contribution is 0.0240. The molecule has 7 heteroatoms. The fourth-order valence-electron chi connectivity index (χ4n) is 2.44. The van der Waals surface area contributed by atoms with Gasteiger partial charge in [-0.05, 0) is 39.0 Å². The molecule has 1 amide bonds. The molecule has 0 radical (unpaired) electrons. The van der Waals surface area contributed by atoms with E-state index in [1.165, 1.54) is 0 Å². The van der Waals surface area contributed by atoms with Gasteiger partial charge in [-0.1, -0.05) is 0 Å². The van der Waals surface area contributed by atoms with E-state index in [0.29, 0.717) is 36.8 Å². The van der Waals surface area contributed by atoms with E-state index in [4.69, 9.17) is 10.5 Å². The molecular formula is C16H25N3O3S. The van der Waals surface area contributed by atoms with Crippen LogP contribution in [0.3, 0.4) is 0 Å². The van der Waals surface area contributed by atoms with Crippen molar-refractivity contribution in [2.75, 3.05) is 43.1 Å². The molecule has 0 saturated carbocycles. The van der Waals surface area contributed by atoms with Gasteiger partial charge >= 0.3 is 6.09 Å². The number of carbonyl (C=O) groups excluding carboxylic acids is 1. The first kappa shape index (κ1) is 17.6. The Balaban J connectivity index is 2.01. The minimum atomic E-state index is -1.12. The van der Waals surface area contributed by atoms with Crippen LogP contribution in [-0.4, -0.2) is 53.2 Å². The van der Waals surface area contributed by atoms with Crippen LogP contribution in [0.1, 0.15) is 20.8 Å². The normalized spacial score (nSPS) is 17.0. The summed E-state index contributed by atoms with van der Waals surface area (Å²) in [6.07, 6.45) is 1.35. The number of piperazine rings is 1. The second-order valence-corrected chi connectivity index (χ2v) is 7.98. The van der Waals surface area contributed by atoms with Gasteiger partial charge in [0.15, 0.2) is 0 Å². The number of hydrogen-bond acceptors (Lipinski definition) is 5. The number of amides is 1. The highest BCUT2D eigenvalue weighted by molar-refractivity contribution is 7.84. The van der Waals surface area contributed by atoms with Gasteiger partial charge in [0, 0.05) is 43.8 Å². The zero-order valence-electron chi connectivity index (χ0n) is 14.2. The fourth-order valence-corrected chi connectivity index (χ4v) is 3.13. The highest BCUT2D eigenvalue weighted by Gasteiger charge is 2.26. The quantitative estimate of drug-likeness (QED) is 0.835. The van der Waals surface area contributed by atoms with Crippen molar-refractivity contribution in [2.45, 2.75) is 31.3 Å². The average Bonchev–Trinajstić information content (AvgIpc) is 2.46. The number of nitrogen functional groups attached to an aromatic ring is 1. The Morgan fingerprint density at radius 1 is 1.22 bits per heavy atom. The molecule has 6 nitrogen and oxygen atoms in total. The van der Waals surface area contributed by atoms with Crippen LogP contribution in [-0.2, 0) is 15.5 Å². The van der Waals surface area contributed by atoms with Crippen molar-refractivity contribution in [2.24, 2.45) is 0 Å². The molecule has 23 heavy (non-hydrogen) atoms. The zero-order valence-corrected chi connectivity index (χ0v) is 15.0. The summed E-state index contributed by atoms with van der Waals surface area (Å²) in [6, 6.07) is 5.58. The first-order chi connectivity index (χ1) is 10.7. The van der Waals surface area contributed by atoms with Gasteiger partial charge in [0.2, 0.25) is 0 Å². The molecule has 0 aliphatic carbocycles. The monoisotopic (exact) mass is 339 g/mol. The van der Waals surface area contributed by atoms with Gasteiger partial charge in [-0.2, -0.15) is 0 Å². The summed E-state index contributed by atoms with van der Waals surface area (Å²) in [5.41, 5.74) is 6.90. The number of hydrogen-bond donors (Lipinski definition) is 1. The Hall–Kier alpha value is -1.76. The molecule has 1 heterocycles. The summed E-state index contributed by atoms with van der Waals surface area (Å²) in [5.74, 6) is 0. The third-order valence-electron chi connectivity index (χ3n) is 3.60. The van der Waals surface area contributed by atoms with Gasteiger partial charge < -0.3 is 20.3 Å². The highest BCUT2D eigenvalue weighted by atomic mass is 32.2. The number of nitrogens with zero attached hydrogens (tertiary/aromatic N) is 2. The molecule has 1 atom stereocenters. The molecule has 128 valence electrons. The summed E-state index contributed by atoms with van der Waals surface area (Å²) in [5, 5.41) is 0. The lowest BCUT2D eigenvalue weighted by Crippen LogP contribution is -2.50. The second kappa shape index (κ2) is 6.78. The number of carbonyl (C=O) groups is 1. The predicted molar refractivity (Wildman–Crippen MR) is 93.2 cm³/mol. The lowest BCUT2D eigenvalue weighted by Gasteiger charge is -2.36. The number of anilines is 2. The van der Waals surface area contributed by atoms with Crippen LogP contribution in [0.25, 0.3) is 0 Å². The van der Waals surface area contributed by atoms with E-state index in [0.717, 1.165) is 5.69 Å². The maximum absolute atomic E-state index is 12.1. The summed E-state index contributed by atoms with van der Waals surface area (Å²) in [4.78, 5) is 16.6. The number of nitrogens with two attached hydrogens (primary N) is 1. The number of benzene rings is 1. The van der Waals surface area contributed by atoms with Gasteiger partial charge in [0.05, 0.1) is 15.7 Å². The van der Waals surface area contributed by atoms with Crippen molar-refractivity contribution in [1.82, 2.24) is 4.90 Å². The van der Waals surface area contributed by atoms with Crippen LogP contribution in [0, 0.1) is 0 Å². The Morgan fingerprint density at radius 3 is 2.35 bits per heavy atom. The molecule has 1 aromatic rings. The van der Waals surface area contributed by atoms with Crippen LogP contribution < -0.4 is 10.6 Å². The van der Waals surface area contributed by atoms with Crippen molar-refractivity contribution in [1.29, 1.82) is 0 Å². The van der Waals surface area contributed by atoms with Crippen molar-refractivity contribution in [3.8, 4) is 0 Å². The molecule has 2 rings (SSSR count). The topological polar surface area (TPSA) is 75.9 Å². The largest absolute Gasteiger partial charge is 0.444 e. The minimum absolute atomic E-state index is 0.273. The zero-order chi connectivity index (χ0) is 17.2. The van der Waals surface area contributed by atoms with E-state index in [1.807, 2.05) is 32.9 Å². The van der Waals surface area contributed by atoms with Crippen molar-refractivity contribution in [3.05, 3.63) is 18.2 Å². The summed E-state index contributed by atoms with van der Waals surface area (Å²) < 4.78 is 17.1. The smallest absolute Gasteiger partial charge is 0.410 e. The van der Waals surface area contributed by atoms with Gasteiger partial charge in [-0.25, -0.2) is 4.79 Å². The molecule has 0 spiro atoms. The third kappa shape index (κ3) is 4.60. The molecule has 0 aromatic heterocycles. The van der Waals surface area contributed by atoms with E-state index < -0.39 is 16.4 Å². The van der Waals surface area contributed by atoms with Crippen molar-refractivity contribution >= 4 is 28.3 Å². The minimum Gasteiger partial charge on any atom is -0.444 e. The Kier molecular flexibility index (Phi) is 5.19. The van der Waals surface area contributed by atoms with E-state index in [-0.39, 0.29) is 6.09 Å². The molecule has 1 fully saturated rings. The molecular weight excluding hydrogens is 314 g/mol. The molecule has 1 aliphatic heterocycles. The van der Waals surface area contributed by atoms with Gasteiger partial charge in [-0.3, -0.25) is 4.21 Å². The van der Waals surface area contributed by atoms with Crippen molar-refractivity contribution < 1.29 is 13.7 Å². The first-order valence-electron chi connectivity index (χ1n) is 7.63. The fraction of sp³-hybridized carbons (Fsp3) is 0.562. The summed E-state index contributed by atoms with van der Waals surface area (Å²) in [6.45, 7) is 8.21. The molecule has 1 aliphatic rings. The van der Waals surface area contributed by atoms with Crippen LogP contribution in [0.15, 0.2) is 23.1 Å². The average molecular weight is 339 g/mol. The van der Waals surface area contributed by atoms with E-state index in [2.05, 4.69) is 4.90 Å². The second-order valence-electron chi connectivity index (χ2n) is 6.63. The Labute approximate surface area is 140 Å².